The molecule has 0 N–H and O–H groups in total. The molecule has 0 fully saturated rings. The van der Waals surface area contributed by atoms with E-state index in [9.17, 15) is 0 Å². The van der Waals surface area contributed by atoms with Crippen LogP contribution in [-0.4, -0.2) is 9.13 Å². The van der Waals surface area contributed by atoms with Gasteiger partial charge in [-0.05, 0) is 99.0 Å². The monoisotopic (exact) mass is 815 g/mol. The number of anilines is 3. The second-order valence-corrected chi connectivity index (χ2v) is 16.8. The molecule has 0 saturated heterocycles. The van der Waals surface area contributed by atoms with Crippen LogP contribution < -0.4 is 4.90 Å². The smallest absolute Gasteiger partial charge is 0.159 e. The zero-order chi connectivity index (χ0) is 41.9. The van der Waals surface area contributed by atoms with Gasteiger partial charge < -0.3 is 18.5 Å². The molecule has 0 atom stereocenters. The maximum atomic E-state index is 6.83. The van der Waals surface area contributed by atoms with E-state index in [-0.39, 0.29) is 0 Å². The Bertz CT molecular complexity index is 4170. The number of benzene rings is 11. The first-order chi connectivity index (χ1) is 31.8. The number of rotatable bonds is 5. The zero-order valence-electron chi connectivity index (χ0n) is 34.6. The first kappa shape index (κ1) is 35.0. The number of hydrogen-bond acceptors (Lipinski definition) is 2. The van der Waals surface area contributed by atoms with Gasteiger partial charge in [0.25, 0.3) is 0 Å². The van der Waals surface area contributed by atoms with Crippen molar-refractivity contribution in [3.05, 3.63) is 224 Å². The van der Waals surface area contributed by atoms with Gasteiger partial charge >= 0.3 is 0 Å². The highest BCUT2D eigenvalue weighted by atomic mass is 16.3. The third-order valence-corrected chi connectivity index (χ3v) is 13.5. The lowest BCUT2D eigenvalue weighted by Gasteiger charge is -2.26. The number of nitrogens with zero attached hydrogens (tertiary/aromatic N) is 3. The number of para-hydroxylation sites is 6. The van der Waals surface area contributed by atoms with E-state index in [1.807, 2.05) is 6.07 Å². The Morgan fingerprint density at radius 2 is 0.812 bits per heavy atom. The van der Waals surface area contributed by atoms with Crippen LogP contribution in [0.5, 0.6) is 0 Å². The van der Waals surface area contributed by atoms with Crippen molar-refractivity contribution in [2.75, 3.05) is 4.90 Å². The molecule has 0 aliphatic heterocycles. The average Bonchev–Trinajstić information content (AvgIpc) is 4.03. The standard InChI is InChI=1S/C60H37N3O/c1-2-16-38(17-3-1)62-53-27-11-9-23-47(53)50-25-14-29-55(59(50)62)63-54-28-12-8-22-46(54)48-35-33-40(37-57(48)63)61(56-30-15-26-51-49-24-10-13-31-58(49)64-60(51)56)39-32-34-45-43-20-5-4-18-41(43)42-19-6-7-21-44(42)52(45)36-39/h1-37H. The Hall–Kier alpha value is -8.60. The van der Waals surface area contributed by atoms with E-state index in [4.69, 9.17) is 4.42 Å². The Kier molecular flexibility index (Phi) is 7.36. The Morgan fingerprint density at radius 1 is 0.312 bits per heavy atom. The van der Waals surface area contributed by atoms with Crippen LogP contribution in [0.15, 0.2) is 229 Å². The summed E-state index contributed by atoms with van der Waals surface area (Å²) in [5.74, 6) is 0. The van der Waals surface area contributed by atoms with Crippen molar-refractivity contribution in [1.29, 1.82) is 0 Å². The Morgan fingerprint density at radius 3 is 1.55 bits per heavy atom. The quantitative estimate of drug-likeness (QED) is 0.162. The van der Waals surface area contributed by atoms with Crippen LogP contribution in [0.4, 0.5) is 17.1 Å². The predicted octanol–water partition coefficient (Wildman–Crippen LogP) is 16.7. The summed E-state index contributed by atoms with van der Waals surface area (Å²) in [6, 6.07) is 81.5. The lowest BCUT2D eigenvalue weighted by atomic mass is 9.94. The van der Waals surface area contributed by atoms with Crippen molar-refractivity contribution in [1.82, 2.24) is 9.13 Å². The van der Waals surface area contributed by atoms with Crippen molar-refractivity contribution in [3.63, 3.8) is 0 Å². The number of furan rings is 1. The number of aromatic nitrogens is 2. The normalized spacial score (nSPS) is 12.1. The van der Waals surface area contributed by atoms with Crippen molar-refractivity contribution in [3.8, 4) is 11.4 Å². The lowest BCUT2D eigenvalue weighted by Crippen LogP contribution is -2.10. The molecule has 0 spiro atoms. The molecule has 0 amide bonds. The van der Waals surface area contributed by atoms with E-state index in [2.05, 4.69) is 232 Å². The largest absolute Gasteiger partial charge is 0.454 e. The fraction of sp³-hybridized carbons (Fsp3) is 0. The molecular weight excluding hydrogens is 779 g/mol. The maximum Gasteiger partial charge on any atom is 0.159 e. The topological polar surface area (TPSA) is 26.2 Å². The molecule has 0 bridgehead atoms. The third-order valence-electron chi connectivity index (χ3n) is 13.5. The molecule has 298 valence electrons. The summed E-state index contributed by atoms with van der Waals surface area (Å²) in [4.78, 5) is 2.40. The fourth-order valence-electron chi connectivity index (χ4n) is 10.8. The van der Waals surface area contributed by atoms with Gasteiger partial charge in [0.15, 0.2) is 5.58 Å². The minimum absolute atomic E-state index is 0.852. The van der Waals surface area contributed by atoms with Crippen molar-refractivity contribution in [2.45, 2.75) is 0 Å². The molecule has 0 radical (unpaired) electrons. The van der Waals surface area contributed by atoms with Gasteiger partial charge in [0.2, 0.25) is 0 Å². The van der Waals surface area contributed by atoms with Gasteiger partial charge in [-0.1, -0.05) is 158 Å². The van der Waals surface area contributed by atoms with Crippen LogP contribution in [0.25, 0.3) is 109 Å². The van der Waals surface area contributed by atoms with Gasteiger partial charge in [-0.15, -0.1) is 0 Å². The molecule has 14 aromatic rings. The van der Waals surface area contributed by atoms with Crippen molar-refractivity contribution >= 4 is 115 Å². The van der Waals surface area contributed by atoms with Crippen LogP contribution >= 0.6 is 0 Å². The Labute approximate surface area is 367 Å². The predicted molar refractivity (Wildman–Crippen MR) is 270 cm³/mol. The number of hydrogen-bond donors (Lipinski definition) is 0. The van der Waals surface area contributed by atoms with Gasteiger partial charge in [0, 0.05) is 49.4 Å². The van der Waals surface area contributed by atoms with Crippen LogP contribution in [0, 0.1) is 0 Å². The van der Waals surface area contributed by atoms with Crippen LogP contribution in [0.3, 0.4) is 0 Å². The zero-order valence-corrected chi connectivity index (χ0v) is 34.6. The summed E-state index contributed by atoms with van der Waals surface area (Å²) < 4.78 is 11.7. The second kappa shape index (κ2) is 13.4. The molecule has 0 unspecified atom stereocenters. The third kappa shape index (κ3) is 4.93. The highest BCUT2D eigenvalue weighted by Gasteiger charge is 2.24. The minimum Gasteiger partial charge on any atom is -0.454 e. The summed E-state index contributed by atoms with van der Waals surface area (Å²) in [6.45, 7) is 0. The molecular formula is C60H37N3O. The first-order valence-corrected chi connectivity index (χ1v) is 21.9. The summed E-state index contributed by atoms with van der Waals surface area (Å²) in [5, 5.41) is 14.5. The highest BCUT2D eigenvalue weighted by Crippen LogP contribution is 2.47. The molecule has 0 saturated carbocycles. The van der Waals surface area contributed by atoms with E-state index < -0.39 is 0 Å². The van der Waals surface area contributed by atoms with Gasteiger partial charge in [-0.25, -0.2) is 0 Å². The van der Waals surface area contributed by atoms with Crippen molar-refractivity contribution in [2.24, 2.45) is 0 Å². The lowest BCUT2D eigenvalue weighted by molar-refractivity contribution is 0.669. The summed E-state index contributed by atoms with van der Waals surface area (Å²) in [6.07, 6.45) is 0. The number of fused-ring (bicyclic) bond motifs is 15. The molecule has 64 heavy (non-hydrogen) atoms. The summed E-state index contributed by atoms with van der Waals surface area (Å²) in [7, 11) is 0. The molecule has 3 aromatic heterocycles. The van der Waals surface area contributed by atoms with Gasteiger partial charge in [0.1, 0.15) is 5.58 Å². The van der Waals surface area contributed by atoms with Crippen LogP contribution in [-0.2, 0) is 0 Å². The molecule has 0 aliphatic carbocycles. The summed E-state index contributed by atoms with van der Waals surface area (Å²) >= 11 is 0. The molecule has 3 heterocycles. The van der Waals surface area contributed by atoms with E-state index in [1.165, 1.54) is 64.9 Å². The van der Waals surface area contributed by atoms with Gasteiger partial charge in [-0.3, -0.25) is 0 Å². The van der Waals surface area contributed by atoms with E-state index in [1.54, 1.807) is 0 Å². The highest BCUT2D eigenvalue weighted by molar-refractivity contribution is 6.26. The SMILES string of the molecule is c1ccc(-n2c3ccccc3c3cccc(-n4c5ccccc5c5ccc(N(c6ccc7c8ccccc8c8ccccc8c7c6)c6cccc7c6oc6ccccc67)cc54)c32)cc1. The van der Waals surface area contributed by atoms with E-state index in [0.717, 1.165) is 61.4 Å². The van der Waals surface area contributed by atoms with E-state index in [0.29, 0.717) is 0 Å². The van der Waals surface area contributed by atoms with Crippen molar-refractivity contribution < 1.29 is 4.42 Å². The van der Waals surface area contributed by atoms with Gasteiger partial charge in [-0.2, -0.15) is 0 Å². The fourth-order valence-corrected chi connectivity index (χ4v) is 10.8. The average molecular weight is 816 g/mol. The van der Waals surface area contributed by atoms with E-state index >= 15 is 0 Å². The summed E-state index contributed by atoms with van der Waals surface area (Å²) in [5.41, 5.74) is 11.7. The molecule has 14 rings (SSSR count). The van der Waals surface area contributed by atoms with Crippen LogP contribution in [0.1, 0.15) is 0 Å². The molecule has 4 nitrogen and oxygen atoms in total. The minimum atomic E-state index is 0.852. The Balaban J connectivity index is 1.09. The first-order valence-electron chi connectivity index (χ1n) is 21.9. The maximum absolute atomic E-state index is 6.83. The molecule has 11 aromatic carbocycles. The molecule has 4 heteroatoms. The van der Waals surface area contributed by atoms with Gasteiger partial charge in [0.05, 0.1) is 33.4 Å². The molecule has 0 aliphatic rings. The van der Waals surface area contributed by atoms with Crippen LogP contribution in [0.2, 0.25) is 0 Å². The second-order valence-electron chi connectivity index (χ2n) is 16.8.